The quantitative estimate of drug-likeness (QED) is 0.679. The summed E-state index contributed by atoms with van der Waals surface area (Å²) in [5.74, 6) is 0.0308. The molecule has 86 valence electrons. The van der Waals surface area contributed by atoms with Crippen molar-refractivity contribution in [3.63, 3.8) is 0 Å². The van der Waals surface area contributed by atoms with Crippen molar-refractivity contribution < 1.29 is 4.79 Å². The minimum Gasteiger partial charge on any atom is -0.297 e. The second kappa shape index (κ2) is 4.01. The number of ketones is 1. The lowest BCUT2D eigenvalue weighted by Crippen LogP contribution is -2.03. The van der Waals surface area contributed by atoms with E-state index in [2.05, 4.69) is 14.6 Å². The maximum Gasteiger partial charge on any atom is 0.193 e. The maximum absolute atomic E-state index is 12.0. The standard InChI is InChI=1S/C10H8N4OS2/c1-6-9(17-13-12-6)8(15)4-7-5-14-2-3-16-10(14)11-7/h2-3,5H,4H2,1H3. The molecular formula is C10H8N4OS2. The first-order chi connectivity index (χ1) is 8.24. The zero-order chi connectivity index (χ0) is 11.8. The highest BCUT2D eigenvalue weighted by molar-refractivity contribution is 7.15. The molecule has 5 nitrogen and oxygen atoms in total. The topological polar surface area (TPSA) is 60.2 Å². The first-order valence-electron chi connectivity index (χ1n) is 4.97. The number of imidazole rings is 1. The Morgan fingerprint density at radius 3 is 3.12 bits per heavy atom. The zero-order valence-electron chi connectivity index (χ0n) is 8.95. The molecule has 3 aromatic rings. The molecule has 3 rings (SSSR count). The minimum absolute atomic E-state index is 0.0308. The van der Waals surface area contributed by atoms with Crippen LogP contribution in [0.25, 0.3) is 4.96 Å². The minimum atomic E-state index is 0.0308. The van der Waals surface area contributed by atoms with Gasteiger partial charge in [0.05, 0.1) is 17.8 Å². The second-order valence-corrected chi connectivity index (χ2v) is 5.24. The Morgan fingerprint density at radius 2 is 2.41 bits per heavy atom. The molecule has 7 heteroatoms. The van der Waals surface area contributed by atoms with Crippen molar-refractivity contribution in [3.8, 4) is 0 Å². The lowest BCUT2D eigenvalue weighted by atomic mass is 10.2. The Labute approximate surface area is 105 Å². The number of aryl methyl sites for hydroxylation is 1. The van der Waals surface area contributed by atoms with E-state index in [0.717, 1.165) is 22.2 Å². The molecule has 0 aliphatic rings. The highest BCUT2D eigenvalue weighted by atomic mass is 32.1. The number of hydrogen-bond acceptors (Lipinski definition) is 6. The fourth-order valence-electron chi connectivity index (χ4n) is 1.59. The Kier molecular flexibility index (Phi) is 2.49. The molecule has 0 bridgehead atoms. The van der Waals surface area contributed by atoms with Crippen LogP contribution in [0.15, 0.2) is 17.8 Å². The highest BCUT2D eigenvalue weighted by Crippen LogP contribution is 2.15. The predicted octanol–water partition coefficient (Wildman–Crippen LogP) is 1.98. The van der Waals surface area contributed by atoms with E-state index in [1.807, 2.05) is 22.2 Å². The van der Waals surface area contributed by atoms with Crippen LogP contribution < -0.4 is 0 Å². The summed E-state index contributed by atoms with van der Waals surface area (Å²) in [6, 6.07) is 0. The van der Waals surface area contributed by atoms with Gasteiger partial charge in [0.1, 0.15) is 4.88 Å². The Balaban J connectivity index is 1.86. The molecule has 0 aromatic carbocycles. The molecular weight excluding hydrogens is 256 g/mol. The number of carbonyl (C=O) groups is 1. The van der Waals surface area contributed by atoms with Gasteiger partial charge in [0.2, 0.25) is 0 Å². The highest BCUT2D eigenvalue weighted by Gasteiger charge is 2.15. The van der Waals surface area contributed by atoms with Crippen LogP contribution in [0.2, 0.25) is 0 Å². The Bertz CT molecular complexity index is 653. The number of Topliss-reactive ketones (excluding diaryl/α,β-unsaturated/α-hetero) is 1. The smallest absolute Gasteiger partial charge is 0.193 e. The molecule has 0 unspecified atom stereocenters. The maximum atomic E-state index is 12.0. The van der Waals surface area contributed by atoms with Crippen LogP contribution in [0.3, 0.4) is 0 Å². The zero-order valence-corrected chi connectivity index (χ0v) is 10.6. The monoisotopic (exact) mass is 264 g/mol. The largest absolute Gasteiger partial charge is 0.297 e. The first-order valence-corrected chi connectivity index (χ1v) is 6.62. The van der Waals surface area contributed by atoms with Crippen molar-refractivity contribution >= 4 is 33.6 Å². The van der Waals surface area contributed by atoms with Crippen molar-refractivity contribution in [1.29, 1.82) is 0 Å². The number of carbonyl (C=O) groups excluding carboxylic acids is 1. The van der Waals surface area contributed by atoms with Gasteiger partial charge < -0.3 is 0 Å². The van der Waals surface area contributed by atoms with Crippen LogP contribution in [0.4, 0.5) is 0 Å². The lowest BCUT2D eigenvalue weighted by Gasteiger charge is -1.93. The van der Waals surface area contributed by atoms with Crippen LogP contribution in [0, 0.1) is 6.92 Å². The molecule has 0 radical (unpaired) electrons. The van der Waals surface area contributed by atoms with Gasteiger partial charge in [-0.15, -0.1) is 16.4 Å². The van der Waals surface area contributed by atoms with Gasteiger partial charge in [-0.3, -0.25) is 9.20 Å². The third kappa shape index (κ3) is 1.87. The summed E-state index contributed by atoms with van der Waals surface area (Å²) in [6.45, 7) is 1.79. The van der Waals surface area contributed by atoms with E-state index in [1.54, 1.807) is 18.3 Å². The fraction of sp³-hybridized carbons (Fsp3) is 0.200. The van der Waals surface area contributed by atoms with Crippen LogP contribution in [0.1, 0.15) is 21.1 Å². The molecule has 0 spiro atoms. The van der Waals surface area contributed by atoms with Crippen LogP contribution >= 0.6 is 22.9 Å². The van der Waals surface area contributed by atoms with Gasteiger partial charge in [-0.2, -0.15) is 0 Å². The van der Waals surface area contributed by atoms with E-state index < -0.39 is 0 Å². The van der Waals surface area contributed by atoms with Gasteiger partial charge in [0, 0.05) is 17.8 Å². The van der Waals surface area contributed by atoms with Crippen LogP contribution in [-0.4, -0.2) is 24.8 Å². The molecule has 0 aliphatic carbocycles. The van der Waals surface area contributed by atoms with Crippen molar-refractivity contribution in [2.24, 2.45) is 0 Å². The molecule has 0 amide bonds. The van der Waals surface area contributed by atoms with Gasteiger partial charge in [-0.25, -0.2) is 4.98 Å². The number of hydrogen-bond donors (Lipinski definition) is 0. The van der Waals surface area contributed by atoms with Gasteiger partial charge >= 0.3 is 0 Å². The van der Waals surface area contributed by atoms with Gasteiger partial charge in [0.25, 0.3) is 0 Å². The van der Waals surface area contributed by atoms with E-state index in [-0.39, 0.29) is 5.78 Å². The number of fused-ring (bicyclic) bond motifs is 1. The van der Waals surface area contributed by atoms with E-state index in [4.69, 9.17) is 0 Å². The summed E-state index contributed by atoms with van der Waals surface area (Å²) in [6.07, 6.45) is 4.12. The van der Waals surface area contributed by atoms with Gasteiger partial charge in [-0.05, 0) is 18.5 Å². The number of nitrogens with zero attached hydrogens (tertiary/aromatic N) is 4. The molecule has 0 aliphatic heterocycles. The Morgan fingerprint density at radius 1 is 1.53 bits per heavy atom. The molecule has 3 heterocycles. The second-order valence-electron chi connectivity index (χ2n) is 3.61. The normalized spacial score (nSPS) is 11.1. The fourth-order valence-corrected chi connectivity index (χ4v) is 2.90. The summed E-state index contributed by atoms with van der Waals surface area (Å²) in [5.41, 5.74) is 1.48. The molecule has 3 aromatic heterocycles. The molecule has 0 N–H and O–H groups in total. The van der Waals surface area contributed by atoms with E-state index >= 15 is 0 Å². The van der Waals surface area contributed by atoms with Crippen molar-refractivity contribution in [1.82, 2.24) is 19.0 Å². The van der Waals surface area contributed by atoms with E-state index in [1.165, 1.54) is 0 Å². The van der Waals surface area contributed by atoms with E-state index in [0.29, 0.717) is 17.0 Å². The van der Waals surface area contributed by atoms with Crippen LogP contribution in [0.5, 0.6) is 0 Å². The van der Waals surface area contributed by atoms with Gasteiger partial charge in [-0.1, -0.05) is 4.49 Å². The lowest BCUT2D eigenvalue weighted by molar-refractivity contribution is 0.0995. The summed E-state index contributed by atoms with van der Waals surface area (Å²) in [7, 11) is 0. The molecule has 0 fully saturated rings. The number of thiazole rings is 1. The number of aromatic nitrogens is 4. The van der Waals surface area contributed by atoms with E-state index in [9.17, 15) is 4.79 Å². The Hall–Kier alpha value is -1.60. The third-order valence-electron chi connectivity index (χ3n) is 2.39. The summed E-state index contributed by atoms with van der Waals surface area (Å²) >= 11 is 2.70. The summed E-state index contributed by atoms with van der Waals surface area (Å²) < 4.78 is 5.69. The predicted molar refractivity (Wildman–Crippen MR) is 65.7 cm³/mol. The molecule has 0 saturated heterocycles. The van der Waals surface area contributed by atoms with Crippen molar-refractivity contribution in [2.45, 2.75) is 13.3 Å². The number of rotatable bonds is 3. The molecule has 0 saturated carbocycles. The summed E-state index contributed by atoms with van der Waals surface area (Å²) in [5, 5.41) is 5.80. The SMILES string of the molecule is Cc1nnsc1C(=O)Cc1cn2ccsc2n1. The molecule has 0 atom stereocenters. The average molecular weight is 264 g/mol. The van der Waals surface area contributed by atoms with Crippen molar-refractivity contribution in [3.05, 3.63) is 34.0 Å². The van der Waals surface area contributed by atoms with Crippen LogP contribution in [-0.2, 0) is 6.42 Å². The first kappa shape index (κ1) is 10.5. The van der Waals surface area contributed by atoms with Crippen molar-refractivity contribution in [2.75, 3.05) is 0 Å². The average Bonchev–Trinajstić information content (AvgIpc) is 2.92. The van der Waals surface area contributed by atoms with Gasteiger partial charge in [0.15, 0.2) is 10.7 Å². The molecule has 17 heavy (non-hydrogen) atoms. The third-order valence-corrected chi connectivity index (χ3v) is 4.03. The summed E-state index contributed by atoms with van der Waals surface area (Å²) in [4.78, 5) is 17.9.